The lowest BCUT2D eigenvalue weighted by Gasteiger charge is -2.08. The van der Waals surface area contributed by atoms with Crippen molar-refractivity contribution in [3.8, 4) is 5.75 Å². The van der Waals surface area contributed by atoms with E-state index in [2.05, 4.69) is 0 Å². The fourth-order valence-electron chi connectivity index (χ4n) is 1.53. The highest BCUT2D eigenvalue weighted by Crippen LogP contribution is 2.20. The van der Waals surface area contributed by atoms with Crippen LogP contribution in [0.2, 0.25) is 5.02 Å². The van der Waals surface area contributed by atoms with Crippen LogP contribution >= 0.6 is 11.6 Å². The van der Waals surface area contributed by atoms with Crippen LogP contribution in [-0.2, 0) is 6.61 Å². The molecule has 0 amide bonds. The lowest BCUT2D eigenvalue weighted by molar-refractivity contribution is 0.299. The first kappa shape index (κ1) is 11.9. The Labute approximate surface area is 105 Å². The van der Waals surface area contributed by atoms with E-state index in [4.69, 9.17) is 16.3 Å². The maximum Gasteiger partial charge on any atom is 0.148 e. The van der Waals surface area contributed by atoms with E-state index in [1.807, 2.05) is 31.2 Å². The van der Waals surface area contributed by atoms with E-state index in [1.165, 1.54) is 6.07 Å². The Morgan fingerprint density at radius 1 is 1.18 bits per heavy atom. The van der Waals surface area contributed by atoms with Crippen LogP contribution in [0.25, 0.3) is 0 Å². The van der Waals surface area contributed by atoms with Gasteiger partial charge in [0.15, 0.2) is 0 Å². The van der Waals surface area contributed by atoms with Crippen LogP contribution in [0.3, 0.4) is 0 Å². The van der Waals surface area contributed by atoms with Gasteiger partial charge in [0.1, 0.15) is 18.2 Å². The van der Waals surface area contributed by atoms with Crippen LogP contribution in [-0.4, -0.2) is 0 Å². The molecule has 0 heterocycles. The SMILES string of the molecule is Cc1cccc(OCc2cccc(Cl)c2F)c1. The monoisotopic (exact) mass is 250 g/mol. The van der Waals surface area contributed by atoms with Gasteiger partial charge in [0.2, 0.25) is 0 Å². The summed E-state index contributed by atoms with van der Waals surface area (Å²) in [6.45, 7) is 2.16. The first-order valence-electron chi connectivity index (χ1n) is 5.29. The number of hydrogen-bond donors (Lipinski definition) is 0. The molecule has 1 nitrogen and oxygen atoms in total. The van der Waals surface area contributed by atoms with Crippen molar-refractivity contribution in [3.63, 3.8) is 0 Å². The van der Waals surface area contributed by atoms with Crippen LogP contribution in [0.5, 0.6) is 5.75 Å². The van der Waals surface area contributed by atoms with E-state index in [0.29, 0.717) is 5.56 Å². The minimum atomic E-state index is -0.415. The number of rotatable bonds is 3. The normalized spacial score (nSPS) is 10.3. The molecule has 0 aliphatic carbocycles. The van der Waals surface area contributed by atoms with E-state index in [1.54, 1.807) is 12.1 Å². The highest BCUT2D eigenvalue weighted by Gasteiger charge is 2.06. The molecule has 0 radical (unpaired) electrons. The average Bonchev–Trinajstić information content (AvgIpc) is 2.31. The minimum absolute atomic E-state index is 0.121. The van der Waals surface area contributed by atoms with Gasteiger partial charge >= 0.3 is 0 Å². The summed E-state index contributed by atoms with van der Waals surface area (Å²) in [5, 5.41) is 0.121. The van der Waals surface area contributed by atoms with Gasteiger partial charge in [-0.15, -0.1) is 0 Å². The Morgan fingerprint density at radius 3 is 2.71 bits per heavy atom. The van der Waals surface area contributed by atoms with Crippen molar-refractivity contribution >= 4 is 11.6 Å². The van der Waals surface area contributed by atoms with Crippen molar-refractivity contribution in [3.05, 3.63) is 64.4 Å². The summed E-state index contributed by atoms with van der Waals surface area (Å²) in [7, 11) is 0. The summed E-state index contributed by atoms with van der Waals surface area (Å²) >= 11 is 5.69. The molecule has 0 saturated heterocycles. The molecule has 2 aromatic rings. The van der Waals surface area contributed by atoms with E-state index >= 15 is 0 Å². The highest BCUT2D eigenvalue weighted by molar-refractivity contribution is 6.30. The van der Waals surface area contributed by atoms with Gasteiger partial charge in [0.05, 0.1) is 5.02 Å². The zero-order chi connectivity index (χ0) is 12.3. The minimum Gasteiger partial charge on any atom is -0.489 e. The number of benzene rings is 2. The molecular weight excluding hydrogens is 239 g/mol. The number of ether oxygens (including phenoxy) is 1. The summed E-state index contributed by atoms with van der Waals surface area (Å²) in [4.78, 5) is 0. The Bertz CT molecular complexity index is 525. The Hall–Kier alpha value is -1.54. The van der Waals surface area contributed by atoms with Gasteiger partial charge in [-0.3, -0.25) is 0 Å². The fraction of sp³-hybridized carbons (Fsp3) is 0.143. The fourth-order valence-corrected chi connectivity index (χ4v) is 1.72. The summed E-state index contributed by atoms with van der Waals surface area (Å²) in [6.07, 6.45) is 0. The van der Waals surface area contributed by atoms with Crippen LogP contribution in [0, 0.1) is 12.7 Å². The van der Waals surface area contributed by atoms with Gasteiger partial charge in [0.25, 0.3) is 0 Å². The molecule has 2 rings (SSSR count). The summed E-state index contributed by atoms with van der Waals surface area (Å²) in [5.41, 5.74) is 1.56. The predicted octanol–water partition coefficient (Wildman–Crippen LogP) is 4.37. The molecule has 2 aromatic carbocycles. The first-order chi connectivity index (χ1) is 8.16. The van der Waals surface area contributed by atoms with Crippen molar-refractivity contribution in [1.29, 1.82) is 0 Å². The largest absolute Gasteiger partial charge is 0.489 e. The van der Waals surface area contributed by atoms with Crippen molar-refractivity contribution in [2.24, 2.45) is 0 Å². The van der Waals surface area contributed by atoms with E-state index in [-0.39, 0.29) is 11.6 Å². The summed E-state index contributed by atoms with van der Waals surface area (Å²) in [6, 6.07) is 12.5. The quantitative estimate of drug-likeness (QED) is 0.786. The maximum atomic E-state index is 13.6. The molecule has 0 unspecified atom stereocenters. The molecular formula is C14H12ClFO. The standard InChI is InChI=1S/C14H12ClFO/c1-10-4-2-6-12(8-10)17-9-11-5-3-7-13(15)14(11)16/h2-8H,9H2,1H3. The molecule has 0 saturated carbocycles. The van der Waals surface area contributed by atoms with Crippen molar-refractivity contribution in [2.75, 3.05) is 0 Å². The molecule has 0 spiro atoms. The number of aryl methyl sites for hydroxylation is 1. The molecule has 0 aromatic heterocycles. The molecule has 0 aliphatic rings. The van der Waals surface area contributed by atoms with Gasteiger partial charge in [0, 0.05) is 5.56 Å². The Morgan fingerprint density at radius 2 is 1.94 bits per heavy atom. The molecule has 0 atom stereocenters. The van der Waals surface area contributed by atoms with Crippen molar-refractivity contribution < 1.29 is 9.13 Å². The number of halogens is 2. The third-order valence-corrected chi connectivity index (χ3v) is 2.71. The molecule has 0 aliphatic heterocycles. The highest BCUT2D eigenvalue weighted by atomic mass is 35.5. The van der Waals surface area contributed by atoms with Gasteiger partial charge < -0.3 is 4.74 Å². The lowest BCUT2D eigenvalue weighted by atomic mass is 10.2. The number of hydrogen-bond acceptors (Lipinski definition) is 1. The third-order valence-electron chi connectivity index (χ3n) is 2.42. The lowest BCUT2D eigenvalue weighted by Crippen LogP contribution is -1.98. The zero-order valence-electron chi connectivity index (χ0n) is 9.41. The smallest absolute Gasteiger partial charge is 0.148 e. The second-order valence-corrected chi connectivity index (χ2v) is 4.23. The molecule has 3 heteroatoms. The predicted molar refractivity (Wildman–Crippen MR) is 66.9 cm³/mol. The van der Waals surface area contributed by atoms with E-state index in [9.17, 15) is 4.39 Å². The van der Waals surface area contributed by atoms with Crippen molar-refractivity contribution in [1.82, 2.24) is 0 Å². The molecule has 0 fully saturated rings. The Kier molecular flexibility index (Phi) is 3.64. The Balaban J connectivity index is 2.10. The van der Waals surface area contributed by atoms with Gasteiger partial charge in [-0.05, 0) is 30.7 Å². The zero-order valence-corrected chi connectivity index (χ0v) is 10.2. The third kappa shape index (κ3) is 2.98. The van der Waals surface area contributed by atoms with E-state index in [0.717, 1.165) is 11.3 Å². The maximum absolute atomic E-state index is 13.6. The summed E-state index contributed by atoms with van der Waals surface area (Å²) in [5.74, 6) is 0.311. The van der Waals surface area contributed by atoms with Gasteiger partial charge in [-0.25, -0.2) is 4.39 Å². The first-order valence-corrected chi connectivity index (χ1v) is 5.67. The second-order valence-electron chi connectivity index (χ2n) is 3.82. The molecule has 0 N–H and O–H groups in total. The molecule has 88 valence electrons. The van der Waals surface area contributed by atoms with Crippen LogP contribution in [0.1, 0.15) is 11.1 Å². The van der Waals surface area contributed by atoms with Crippen LogP contribution < -0.4 is 4.74 Å². The van der Waals surface area contributed by atoms with Gasteiger partial charge in [-0.1, -0.05) is 35.9 Å². The average molecular weight is 251 g/mol. The van der Waals surface area contributed by atoms with Crippen molar-refractivity contribution in [2.45, 2.75) is 13.5 Å². The van der Waals surface area contributed by atoms with Crippen LogP contribution in [0.15, 0.2) is 42.5 Å². The van der Waals surface area contributed by atoms with Crippen LogP contribution in [0.4, 0.5) is 4.39 Å². The summed E-state index contributed by atoms with van der Waals surface area (Å²) < 4.78 is 19.1. The second kappa shape index (κ2) is 5.19. The molecule has 0 bridgehead atoms. The topological polar surface area (TPSA) is 9.23 Å². The molecule has 17 heavy (non-hydrogen) atoms. The van der Waals surface area contributed by atoms with Gasteiger partial charge in [-0.2, -0.15) is 0 Å². The van der Waals surface area contributed by atoms with E-state index < -0.39 is 5.82 Å².